The van der Waals surface area contributed by atoms with Crippen molar-refractivity contribution in [2.45, 2.75) is 44.4 Å². The molecule has 6 nitrogen and oxygen atoms in total. The topological polar surface area (TPSA) is 68.7 Å². The van der Waals surface area contributed by atoms with Gasteiger partial charge in [0.15, 0.2) is 0 Å². The molecule has 3 rings (SSSR count). The minimum absolute atomic E-state index is 0.0540. The van der Waals surface area contributed by atoms with Gasteiger partial charge in [-0.05, 0) is 31.4 Å². The summed E-state index contributed by atoms with van der Waals surface area (Å²) in [5.41, 5.74) is 0.0155. The number of esters is 1. The van der Waals surface area contributed by atoms with E-state index in [1.165, 1.54) is 18.1 Å². The van der Waals surface area contributed by atoms with E-state index in [0.29, 0.717) is 24.4 Å². The summed E-state index contributed by atoms with van der Waals surface area (Å²) in [7, 11) is 1.23. The number of alkyl halides is 3. The van der Waals surface area contributed by atoms with Gasteiger partial charge in [0, 0.05) is 30.8 Å². The van der Waals surface area contributed by atoms with Crippen LogP contribution in [0.5, 0.6) is 0 Å². The lowest BCUT2D eigenvalue weighted by atomic mass is 9.84. The number of aromatic nitrogens is 1. The van der Waals surface area contributed by atoms with E-state index in [1.54, 1.807) is 6.92 Å². The molecule has 0 aromatic carbocycles. The predicted octanol–water partition coefficient (Wildman–Crippen LogP) is 3.04. The van der Waals surface area contributed by atoms with Crippen LogP contribution in [-0.4, -0.2) is 48.1 Å². The largest absolute Gasteiger partial charge is 0.466 e. The predicted molar refractivity (Wildman–Crippen MR) is 92.0 cm³/mol. The van der Waals surface area contributed by atoms with E-state index in [1.807, 2.05) is 0 Å². The van der Waals surface area contributed by atoms with E-state index in [2.05, 4.69) is 4.98 Å². The fraction of sp³-hybridized carbons (Fsp3) is 0.526. The second-order valence-electron chi connectivity index (χ2n) is 6.86. The smallest absolute Gasteiger partial charge is 0.433 e. The molecule has 9 heteroatoms. The second-order valence-corrected chi connectivity index (χ2v) is 6.86. The average molecular weight is 398 g/mol. The summed E-state index contributed by atoms with van der Waals surface area (Å²) in [5, 5.41) is 0. The van der Waals surface area contributed by atoms with Crippen LogP contribution in [0.1, 0.15) is 43.4 Å². The minimum atomic E-state index is -4.56. The molecule has 0 saturated carbocycles. The molecule has 2 aliphatic rings. The van der Waals surface area contributed by atoms with Gasteiger partial charge in [-0.25, -0.2) is 4.79 Å². The van der Waals surface area contributed by atoms with Crippen molar-refractivity contribution in [3.8, 4) is 0 Å². The standard InChI is InChI=1S/C19H21F3N2O4/c1-11-17(18(26)27-2)14(12-5-6-15(23-9-12)19(20,21)22)8-16(25)24(11)10-13-4-3-7-28-13/h5-6,9,13-14H,3-4,7-8,10H2,1-2H3/t13-,14+/m1/s1. The van der Waals surface area contributed by atoms with E-state index in [-0.39, 0.29) is 24.0 Å². The molecule has 0 bridgehead atoms. The van der Waals surface area contributed by atoms with Crippen LogP contribution in [0.3, 0.4) is 0 Å². The summed E-state index contributed by atoms with van der Waals surface area (Å²) < 4.78 is 48.8. The summed E-state index contributed by atoms with van der Waals surface area (Å²) in [5.74, 6) is -1.55. The second kappa shape index (κ2) is 7.90. The molecular formula is C19H21F3N2O4. The van der Waals surface area contributed by atoms with Crippen LogP contribution in [0, 0.1) is 0 Å². The highest BCUT2D eigenvalue weighted by Gasteiger charge is 2.39. The number of rotatable bonds is 4. The first-order valence-corrected chi connectivity index (χ1v) is 8.96. The van der Waals surface area contributed by atoms with Crippen LogP contribution in [0.25, 0.3) is 0 Å². The average Bonchev–Trinajstić information content (AvgIpc) is 3.17. The molecule has 0 radical (unpaired) electrons. The minimum Gasteiger partial charge on any atom is -0.466 e. The third kappa shape index (κ3) is 4.04. The molecule has 28 heavy (non-hydrogen) atoms. The molecule has 1 fully saturated rings. The molecule has 0 spiro atoms. The Balaban J connectivity index is 1.95. The zero-order valence-corrected chi connectivity index (χ0v) is 15.6. The summed E-state index contributed by atoms with van der Waals surface area (Å²) in [4.78, 5) is 30.1. The Labute approximate surface area is 160 Å². The Bertz CT molecular complexity index is 783. The number of nitrogens with zero attached hydrogens (tertiary/aromatic N) is 2. The summed E-state index contributed by atoms with van der Waals surface area (Å²) >= 11 is 0. The zero-order chi connectivity index (χ0) is 20.5. The van der Waals surface area contributed by atoms with Crippen molar-refractivity contribution < 1.29 is 32.2 Å². The maximum absolute atomic E-state index is 12.8. The molecule has 1 saturated heterocycles. The fourth-order valence-corrected chi connectivity index (χ4v) is 3.67. The first-order chi connectivity index (χ1) is 13.2. The maximum Gasteiger partial charge on any atom is 0.433 e. The number of hydrogen-bond donors (Lipinski definition) is 0. The summed E-state index contributed by atoms with van der Waals surface area (Å²) in [6.07, 6.45) is -1.90. The number of allylic oxidation sites excluding steroid dienone is 1. The van der Waals surface area contributed by atoms with E-state index in [9.17, 15) is 22.8 Å². The SMILES string of the molecule is COC(=O)C1=C(C)N(C[C@H]2CCCO2)C(=O)C[C@H]1c1ccc(C(F)(F)F)nc1. The van der Waals surface area contributed by atoms with Gasteiger partial charge >= 0.3 is 12.1 Å². The number of halogens is 3. The number of carbonyl (C=O) groups excluding carboxylic acids is 2. The van der Waals surface area contributed by atoms with Crippen LogP contribution in [0.2, 0.25) is 0 Å². The monoisotopic (exact) mass is 398 g/mol. The third-order valence-corrected chi connectivity index (χ3v) is 5.12. The molecule has 2 aliphatic heterocycles. The van der Waals surface area contributed by atoms with Gasteiger partial charge in [0.2, 0.25) is 5.91 Å². The molecule has 1 aromatic rings. The highest BCUT2D eigenvalue weighted by atomic mass is 19.4. The van der Waals surface area contributed by atoms with Gasteiger partial charge < -0.3 is 14.4 Å². The van der Waals surface area contributed by atoms with Crippen LogP contribution < -0.4 is 0 Å². The number of carbonyl (C=O) groups is 2. The fourth-order valence-electron chi connectivity index (χ4n) is 3.67. The van der Waals surface area contributed by atoms with Crippen molar-refractivity contribution in [3.63, 3.8) is 0 Å². The van der Waals surface area contributed by atoms with Gasteiger partial charge in [-0.1, -0.05) is 6.07 Å². The van der Waals surface area contributed by atoms with Crippen LogP contribution in [0.15, 0.2) is 29.6 Å². The summed E-state index contributed by atoms with van der Waals surface area (Å²) in [6.45, 7) is 2.62. The maximum atomic E-state index is 12.8. The molecule has 3 heterocycles. The van der Waals surface area contributed by atoms with E-state index >= 15 is 0 Å². The number of methoxy groups -OCH3 is 1. The van der Waals surface area contributed by atoms with Crippen molar-refractivity contribution in [2.75, 3.05) is 20.3 Å². The molecule has 1 aromatic heterocycles. The van der Waals surface area contributed by atoms with Gasteiger partial charge in [0.1, 0.15) is 5.69 Å². The van der Waals surface area contributed by atoms with Crippen LogP contribution in [-0.2, 0) is 25.2 Å². The van der Waals surface area contributed by atoms with E-state index in [0.717, 1.165) is 25.1 Å². The van der Waals surface area contributed by atoms with Crippen molar-refractivity contribution in [1.29, 1.82) is 0 Å². The highest BCUT2D eigenvalue weighted by Crippen LogP contribution is 2.38. The first kappa shape index (κ1) is 20.3. The Morgan fingerprint density at radius 2 is 2.14 bits per heavy atom. The van der Waals surface area contributed by atoms with E-state index < -0.39 is 23.8 Å². The Hall–Kier alpha value is -2.42. The lowest BCUT2D eigenvalue weighted by Crippen LogP contribution is -2.42. The zero-order valence-electron chi connectivity index (χ0n) is 15.6. The van der Waals surface area contributed by atoms with Gasteiger partial charge in [0.25, 0.3) is 0 Å². The Morgan fingerprint density at radius 1 is 1.39 bits per heavy atom. The molecular weight excluding hydrogens is 377 g/mol. The lowest BCUT2D eigenvalue weighted by Gasteiger charge is -2.35. The molecule has 0 aliphatic carbocycles. The van der Waals surface area contributed by atoms with Crippen LogP contribution >= 0.6 is 0 Å². The molecule has 0 N–H and O–H groups in total. The number of pyridine rings is 1. The highest BCUT2D eigenvalue weighted by molar-refractivity contribution is 5.95. The van der Waals surface area contributed by atoms with Crippen molar-refractivity contribution in [3.05, 3.63) is 40.9 Å². The quantitative estimate of drug-likeness (QED) is 0.730. The van der Waals surface area contributed by atoms with Gasteiger partial charge in [0.05, 0.1) is 25.3 Å². The lowest BCUT2D eigenvalue weighted by molar-refractivity contribution is -0.141. The molecule has 152 valence electrons. The van der Waals surface area contributed by atoms with Crippen molar-refractivity contribution in [2.24, 2.45) is 0 Å². The summed E-state index contributed by atoms with van der Waals surface area (Å²) in [6, 6.07) is 2.10. The molecule has 2 atom stereocenters. The van der Waals surface area contributed by atoms with Gasteiger partial charge in [-0.15, -0.1) is 0 Å². The van der Waals surface area contributed by atoms with Crippen LogP contribution in [0.4, 0.5) is 13.2 Å². The normalized spacial score (nSPS) is 23.3. The number of ether oxygens (including phenoxy) is 2. The Kier molecular flexibility index (Phi) is 5.74. The van der Waals surface area contributed by atoms with E-state index in [4.69, 9.17) is 9.47 Å². The molecule has 0 unspecified atom stereocenters. The third-order valence-electron chi connectivity index (χ3n) is 5.12. The first-order valence-electron chi connectivity index (χ1n) is 8.96. The van der Waals surface area contributed by atoms with Gasteiger partial charge in [-0.2, -0.15) is 13.2 Å². The van der Waals surface area contributed by atoms with Gasteiger partial charge in [-0.3, -0.25) is 9.78 Å². The number of hydrogen-bond acceptors (Lipinski definition) is 5. The number of amides is 1. The molecule has 1 amide bonds. The van der Waals surface area contributed by atoms with Crippen molar-refractivity contribution in [1.82, 2.24) is 9.88 Å². The Morgan fingerprint density at radius 3 is 2.68 bits per heavy atom. The van der Waals surface area contributed by atoms with Crippen molar-refractivity contribution >= 4 is 11.9 Å².